The fourth-order valence-corrected chi connectivity index (χ4v) is 6.32. The highest BCUT2D eigenvalue weighted by atomic mass is 19.4. The van der Waals surface area contributed by atoms with E-state index in [4.69, 9.17) is 24.7 Å². The number of aromatic nitrogens is 5. The van der Waals surface area contributed by atoms with E-state index < -0.39 is 17.0 Å². The first-order valence-corrected chi connectivity index (χ1v) is 12.4. The zero-order chi connectivity index (χ0) is 26.9. The van der Waals surface area contributed by atoms with Gasteiger partial charge >= 0.3 is 6.18 Å². The third kappa shape index (κ3) is 3.66. The lowest BCUT2D eigenvalue weighted by Gasteiger charge is -2.70. The quantitative estimate of drug-likeness (QED) is 0.489. The Morgan fingerprint density at radius 2 is 1.97 bits per heavy atom. The molecule has 3 aromatic rings. The molecule has 9 nitrogen and oxygen atoms in total. The summed E-state index contributed by atoms with van der Waals surface area (Å²) in [5.74, 6) is 0.669. The Hall–Kier alpha value is -3.59. The molecule has 1 aliphatic heterocycles. The van der Waals surface area contributed by atoms with Gasteiger partial charge in [-0.3, -0.25) is 4.79 Å². The third-order valence-electron chi connectivity index (χ3n) is 8.28. The van der Waals surface area contributed by atoms with Crippen LogP contribution in [-0.4, -0.2) is 44.4 Å². The highest BCUT2D eigenvalue weighted by Crippen LogP contribution is 2.78. The predicted molar refractivity (Wildman–Crippen MR) is 127 cm³/mol. The van der Waals surface area contributed by atoms with Crippen LogP contribution in [0.1, 0.15) is 66.9 Å². The van der Waals surface area contributed by atoms with Crippen LogP contribution in [0.15, 0.2) is 23.1 Å². The normalized spacial score (nSPS) is 28.3. The Morgan fingerprint density at radius 3 is 2.66 bits per heavy atom. The van der Waals surface area contributed by atoms with E-state index in [0.717, 1.165) is 5.56 Å². The van der Waals surface area contributed by atoms with Gasteiger partial charge in [-0.25, -0.2) is 19.9 Å². The van der Waals surface area contributed by atoms with Gasteiger partial charge in [0.05, 0.1) is 30.4 Å². The number of alkyl halides is 3. The van der Waals surface area contributed by atoms with E-state index in [1.807, 2.05) is 6.07 Å². The highest BCUT2D eigenvalue weighted by Gasteiger charge is 2.79. The summed E-state index contributed by atoms with van der Waals surface area (Å²) in [6.45, 7) is 2.09. The Morgan fingerprint density at radius 1 is 1.21 bits per heavy atom. The van der Waals surface area contributed by atoms with Crippen molar-refractivity contribution in [2.24, 2.45) is 5.41 Å². The SMILES string of the molecule is COc1nc2c(C34CC(C(F)(F)F)(C3)C4)nc(C3CCOC(c4ccc(=O)n(CC#N)c4)C3)nc2nc1C. The molecule has 12 heteroatoms. The number of rotatable bonds is 5. The van der Waals surface area contributed by atoms with E-state index in [0.29, 0.717) is 53.7 Å². The maximum atomic E-state index is 13.6. The van der Waals surface area contributed by atoms with Crippen molar-refractivity contribution in [3.63, 3.8) is 0 Å². The molecular formula is C26H25F3N6O3. The van der Waals surface area contributed by atoms with Crippen LogP contribution in [0.3, 0.4) is 0 Å². The summed E-state index contributed by atoms with van der Waals surface area (Å²) in [6.07, 6.45) is -1.86. The summed E-state index contributed by atoms with van der Waals surface area (Å²) in [4.78, 5) is 30.8. The third-order valence-corrected chi connectivity index (χ3v) is 8.28. The van der Waals surface area contributed by atoms with Crippen molar-refractivity contribution in [2.75, 3.05) is 13.7 Å². The second-order valence-corrected chi connectivity index (χ2v) is 10.7. The van der Waals surface area contributed by atoms with E-state index in [-0.39, 0.29) is 43.4 Å². The van der Waals surface area contributed by atoms with Crippen LogP contribution in [-0.2, 0) is 16.7 Å². The molecule has 3 saturated carbocycles. The summed E-state index contributed by atoms with van der Waals surface area (Å²) in [5.41, 5.74) is -0.0638. The Balaban J connectivity index is 1.37. The molecule has 38 heavy (non-hydrogen) atoms. The van der Waals surface area contributed by atoms with Crippen molar-refractivity contribution >= 4 is 11.2 Å². The topological polar surface area (TPSA) is 116 Å². The fraction of sp³-hybridized carbons (Fsp3) is 0.538. The van der Waals surface area contributed by atoms with E-state index in [1.165, 1.54) is 17.7 Å². The molecule has 0 N–H and O–H groups in total. The van der Waals surface area contributed by atoms with Crippen LogP contribution >= 0.6 is 0 Å². The second kappa shape index (κ2) is 8.46. The number of ether oxygens (including phenoxy) is 2. The van der Waals surface area contributed by atoms with Crippen LogP contribution in [0, 0.1) is 23.7 Å². The van der Waals surface area contributed by atoms with Crippen molar-refractivity contribution in [1.29, 1.82) is 5.26 Å². The van der Waals surface area contributed by atoms with Crippen molar-refractivity contribution in [1.82, 2.24) is 24.5 Å². The molecule has 0 amide bonds. The fourth-order valence-electron chi connectivity index (χ4n) is 6.32. The minimum atomic E-state index is -4.24. The molecule has 2 unspecified atom stereocenters. The zero-order valence-corrected chi connectivity index (χ0v) is 20.9. The molecule has 0 spiro atoms. The number of hydrogen-bond donors (Lipinski definition) is 0. The lowest BCUT2D eigenvalue weighted by molar-refractivity contribution is -0.337. The molecule has 7 rings (SSSR count). The smallest absolute Gasteiger partial charge is 0.394 e. The summed E-state index contributed by atoms with van der Waals surface area (Å²) < 4.78 is 53.6. The summed E-state index contributed by atoms with van der Waals surface area (Å²) in [7, 11) is 1.47. The van der Waals surface area contributed by atoms with Crippen LogP contribution in [0.4, 0.5) is 13.2 Å². The van der Waals surface area contributed by atoms with Crippen LogP contribution < -0.4 is 10.3 Å². The number of pyridine rings is 1. The molecule has 4 aliphatic rings. The molecule has 0 aromatic carbocycles. The molecule has 198 valence electrons. The molecule has 3 aliphatic carbocycles. The first-order valence-electron chi connectivity index (χ1n) is 12.4. The number of methoxy groups -OCH3 is 1. The van der Waals surface area contributed by atoms with Crippen LogP contribution in [0.25, 0.3) is 11.2 Å². The highest BCUT2D eigenvalue weighted by molar-refractivity contribution is 5.76. The molecule has 2 bridgehead atoms. The number of aryl methyl sites for hydroxylation is 1. The predicted octanol–water partition coefficient (Wildman–Crippen LogP) is 4.04. The number of fused-ring (bicyclic) bond motifs is 1. The van der Waals surface area contributed by atoms with E-state index >= 15 is 0 Å². The lowest BCUT2D eigenvalue weighted by atomic mass is 9.34. The monoisotopic (exact) mass is 526 g/mol. The average Bonchev–Trinajstić information content (AvgIpc) is 2.82. The number of nitriles is 1. The van der Waals surface area contributed by atoms with Gasteiger partial charge in [0.1, 0.15) is 23.6 Å². The summed E-state index contributed by atoms with van der Waals surface area (Å²) in [5, 5.41) is 9.02. The number of hydrogen-bond acceptors (Lipinski definition) is 8. The number of nitrogens with zero attached hydrogens (tertiary/aromatic N) is 6. The van der Waals surface area contributed by atoms with Crippen LogP contribution in [0.5, 0.6) is 5.88 Å². The van der Waals surface area contributed by atoms with Gasteiger partial charge in [0.15, 0.2) is 5.65 Å². The maximum Gasteiger partial charge on any atom is 0.394 e. The van der Waals surface area contributed by atoms with Gasteiger partial charge in [-0.1, -0.05) is 0 Å². The van der Waals surface area contributed by atoms with Gasteiger partial charge in [0, 0.05) is 30.2 Å². The number of halogens is 3. The van der Waals surface area contributed by atoms with Gasteiger partial charge in [-0.05, 0) is 50.7 Å². The molecular weight excluding hydrogens is 501 g/mol. The Labute approximate surface area is 215 Å². The van der Waals surface area contributed by atoms with E-state index in [2.05, 4.69) is 9.97 Å². The lowest BCUT2D eigenvalue weighted by Crippen LogP contribution is -2.70. The first kappa shape index (κ1) is 24.7. The standard InChI is InChI=1S/C26H25F3N6O3/c1-14-23(37-2)32-19-20(24-11-25(12-24,13-24)26(27,28)29)33-21(34-22(19)31-14)15-5-8-38-17(9-15)16-3-4-18(36)35(10-16)7-6-30/h3-4,10,15,17H,5,7-9,11-13H2,1-2H3. The second-order valence-electron chi connectivity index (χ2n) is 10.7. The molecule has 0 radical (unpaired) electrons. The van der Waals surface area contributed by atoms with Gasteiger partial charge in [-0.2, -0.15) is 18.4 Å². The largest absolute Gasteiger partial charge is 0.480 e. The van der Waals surface area contributed by atoms with Gasteiger partial charge in [-0.15, -0.1) is 0 Å². The maximum absolute atomic E-state index is 13.6. The van der Waals surface area contributed by atoms with Gasteiger partial charge in [0.25, 0.3) is 5.56 Å². The van der Waals surface area contributed by atoms with Crippen molar-refractivity contribution < 1.29 is 22.6 Å². The van der Waals surface area contributed by atoms with E-state index in [1.54, 1.807) is 19.2 Å². The molecule has 2 atom stereocenters. The van der Waals surface area contributed by atoms with Gasteiger partial charge < -0.3 is 14.0 Å². The molecule has 1 saturated heterocycles. The van der Waals surface area contributed by atoms with Gasteiger partial charge in [0.2, 0.25) is 5.88 Å². The summed E-state index contributed by atoms with van der Waals surface area (Å²) >= 11 is 0. The first-order chi connectivity index (χ1) is 18.1. The van der Waals surface area contributed by atoms with Crippen molar-refractivity contribution in [3.8, 4) is 11.9 Å². The van der Waals surface area contributed by atoms with E-state index in [9.17, 15) is 18.0 Å². The van der Waals surface area contributed by atoms with Crippen LogP contribution in [0.2, 0.25) is 0 Å². The average molecular weight is 527 g/mol. The van der Waals surface area contributed by atoms with Crippen molar-refractivity contribution in [3.05, 3.63) is 51.5 Å². The Kier molecular flexibility index (Phi) is 5.51. The van der Waals surface area contributed by atoms with Crippen molar-refractivity contribution in [2.45, 2.75) is 69.2 Å². The summed E-state index contributed by atoms with van der Waals surface area (Å²) in [6, 6.07) is 5.08. The minimum absolute atomic E-state index is 0.0102. The molecule has 4 heterocycles. The molecule has 4 fully saturated rings. The Bertz CT molecular complexity index is 1530. The zero-order valence-electron chi connectivity index (χ0n) is 20.9. The molecule has 3 aromatic heterocycles. The minimum Gasteiger partial charge on any atom is -0.480 e.